The van der Waals surface area contributed by atoms with Gasteiger partial charge in [0, 0.05) is 29.7 Å². The highest BCUT2D eigenvalue weighted by Crippen LogP contribution is 2.38. The Kier molecular flexibility index (Phi) is 5.08. The number of fused-ring (bicyclic) bond motifs is 1. The molecular weight excluding hydrogens is 366 g/mol. The number of nitrogens with one attached hydrogen (secondary N) is 1. The third kappa shape index (κ3) is 3.61. The average Bonchev–Trinajstić information content (AvgIpc) is 3.09. The van der Waals surface area contributed by atoms with E-state index < -0.39 is 0 Å². The van der Waals surface area contributed by atoms with Crippen molar-refractivity contribution in [1.29, 1.82) is 0 Å². The van der Waals surface area contributed by atoms with E-state index in [-0.39, 0.29) is 5.91 Å². The number of aromatic nitrogens is 1. The number of rotatable bonds is 5. The zero-order chi connectivity index (χ0) is 20.4. The molecule has 29 heavy (non-hydrogen) atoms. The second-order valence-corrected chi connectivity index (χ2v) is 7.01. The molecule has 1 unspecified atom stereocenters. The van der Waals surface area contributed by atoms with Gasteiger partial charge in [-0.3, -0.25) is 9.78 Å². The van der Waals surface area contributed by atoms with Crippen LogP contribution < -0.4 is 19.7 Å². The van der Waals surface area contributed by atoms with Crippen LogP contribution in [0, 0.1) is 0 Å². The van der Waals surface area contributed by atoms with Crippen molar-refractivity contribution in [2.45, 2.75) is 19.4 Å². The molecule has 1 amide bonds. The van der Waals surface area contributed by atoms with Crippen LogP contribution in [0.4, 0.5) is 17.1 Å². The first-order valence-corrected chi connectivity index (χ1v) is 9.46. The summed E-state index contributed by atoms with van der Waals surface area (Å²) >= 11 is 0. The molecule has 1 N–H and O–H groups in total. The van der Waals surface area contributed by atoms with Crippen molar-refractivity contribution in [2.24, 2.45) is 0 Å². The highest BCUT2D eigenvalue weighted by atomic mass is 16.5. The minimum absolute atomic E-state index is 0.230. The summed E-state index contributed by atoms with van der Waals surface area (Å²) in [6, 6.07) is 15.8. The van der Waals surface area contributed by atoms with E-state index in [1.165, 1.54) is 11.3 Å². The molecule has 2 aromatic carbocycles. The van der Waals surface area contributed by atoms with Crippen molar-refractivity contribution in [3.8, 4) is 11.5 Å². The maximum absolute atomic E-state index is 12.8. The van der Waals surface area contributed by atoms with Gasteiger partial charge in [0.05, 0.1) is 31.7 Å². The number of anilines is 3. The van der Waals surface area contributed by atoms with E-state index >= 15 is 0 Å². The van der Waals surface area contributed by atoms with Gasteiger partial charge in [0.1, 0.15) is 0 Å². The van der Waals surface area contributed by atoms with Crippen LogP contribution in [0.25, 0.3) is 0 Å². The molecule has 6 nitrogen and oxygen atoms in total. The van der Waals surface area contributed by atoms with Gasteiger partial charge in [-0.25, -0.2) is 0 Å². The first-order valence-electron chi connectivity index (χ1n) is 9.46. The van der Waals surface area contributed by atoms with Crippen molar-refractivity contribution in [3.05, 3.63) is 72.1 Å². The van der Waals surface area contributed by atoms with Crippen LogP contribution in [0.15, 0.2) is 60.9 Å². The second-order valence-electron chi connectivity index (χ2n) is 7.01. The van der Waals surface area contributed by atoms with Crippen LogP contribution >= 0.6 is 0 Å². The lowest BCUT2D eigenvalue weighted by atomic mass is 10.1. The van der Waals surface area contributed by atoms with Crippen LogP contribution in [0.2, 0.25) is 0 Å². The number of hydrogen-bond donors (Lipinski definition) is 1. The van der Waals surface area contributed by atoms with Crippen LogP contribution in [-0.4, -0.2) is 31.2 Å². The number of carbonyl (C=O) groups excluding carboxylic acids is 1. The van der Waals surface area contributed by atoms with E-state index in [0.717, 1.165) is 12.1 Å². The van der Waals surface area contributed by atoms with E-state index in [0.29, 0.717) is 28.8 Å². The van der Waals surface area contributed by atoms with Gasteiger partial charge in [0.2, 0.25) is 0 Å². The maximum Gasteiger partial charge on any atom is 0.257 e. The van der Waals surface area contributed by atoms with Crippen molar-refractivity contribution in [3.63, 3.8) is 0 Å². The van der Waals surface area contributed by atoms with Crippen molar-refractivity contribution in [1.82, 2.24) is 4.98 Å². The van der Waals surface area contributed by atoms with Crippen LogP contribution in [0.3, 0.4) is 0 Å². The van der Waals surface area contributed by atoms with Gasteiger partial charge in [-0.1, -0.05) is 18.2 Å². The number of methoxy groups -OCH3 is 2. The lowest BCUT2D eigenvalue weighted by Crippen LogP contribution is -2.24. The minimum Gasteiger partial charge on any atom is -0.493 e. The molecule has 1 aromatic heterocycles. The third-order valence-corrected chi connectivity index (χ3v) is 5.11. The molecule has 6 heteroatoms. The summed E-state index contributed by atoms with van der Waals surface area (Å²) < 4.78 is 10.5. The molecule has 1 aliphatic heterocycles. The number of ether oxygens (including phenoxy) is 2. The number of pyridine rings is 1. The van der Waals surface area contributed by atoms with Gasteiger partial charge in [0.15, 0.2) is 11.5 Å². The number of benzene rings is 2. The third-order valence-electron chi connectivity index (χ3n) is 5.11. The van der Waals surface area contributed by atoms with Gasteiger partial charge in [-0.2, -0.15) is 0 Å². The van der Waals surface area contributed by atoms with Gasteiger partial charge in [-0.15, -0.1) is 0 Å². The fraction of sp³-hybridized carbons (Fsp3) is 0.217. The van der Waals surface area contributed by atoms with E-state index in [1.54, 1.807) is 44.8 Å². The fourth-order valence-electron chi connectivity index (χ4n) is 3.76. The SMILES string of the molecule is COc1ccc(NC(=O)c2cncc(N3c4ccccc4CC3C)c2)cc1OC. The predicted molar refractivity (Wildman–Crippen MR) is 113 cm³/mol. The molecule has 3 aromatic rings. The van der Waals surface area contributed by atoms with E-state index in [2.05, 4.69) is 40.3 Å². The summed E-state index contributed by atoms with van der Waals surface area (Å²) in [5, 5.41) is 2.90. The quantitative estimate of drug-likeness (QED) is 0.699. The van der Waals surface area contributed by atoms with Gasteiger partial charge in [0.25, 0.3) is 5.91 Å². The Balaban J connectivity index is 1.59. The summed E-state index contributed by atoms with van der Waals surface area (Å²) in [7, 11) is 3.14. The number of para-hydroxylation sites is 1. The summed E-state index contributed by atoms with van der Waals surface area (Å²) in [6.07, 6.45) is 4.34. The molecule has 2 heterocycles. The Morgan fingerprint density at radius 3 is 2.66 bits per heavy atom. The van der Waals surface area contributed by atoms with E-state index in [1.807, 2.05) is 12.1 Å². The Morgan fingerprint density at radius 1 is 1.07 bits per heavy atom. The summed E-state index contributed by atoms with van der Waals surface area (Å²) in [5.41, 5.74) is 4.49. The van der Waals surface area contributed by atoms with E-state index in [9.17, 15) is 4.79 Å². The lowest BCUT2D eigenvalue weighted by Gasteiger charge is -2.25. The Morgan fingerprint density at radius 2 is 1.86 bits per heavy atom. The monoisotopic (exact) mass is 389 g/mol. The van der Waals surface area contributed by atoms with Crippen molar-refractivity contribution >= 4 is 23.0 Å². The summed E-state index contributed by atoms with van der Waals surface area (Å²) in [4.78, 5) is 19.4. The fourth-order valence-corrected chi connectivity index (χ4v) is 3.76. The predicted octanol–water partition coefficient (Wildman–Crippen LogP) is 4.43. The highest BCUT2D eigenvalue weighted by Gasteiger charge is 2.27. The lowest BCUT2D eigenvalue weighted by molar-refractivity contribution is 0.102. The Hall–Kier alpha value is -3.54. The maximum atomic E-state index is 12.8. The van der Waals surface area contributed by atoms with E-state index in [4.69, 9.17) is 9.47 Å². The van der Waals surface area contributed by atoms with Crippen molar-refractivity contribution in [2.75, 3.05) is 24.4 Å². The Bertz CT molecular complexity index is 1050. The smallest absolute Gasteiger partial charge is 0.257 e. The van der Waals surface area contributed by atoms with Crippen LogP contribution in [0.1, 0.15) is 22.8 Å². The molecule has 0 saturated carbocycles. The molecular formula is C23H23N3O3. The zero-order valence-corrected chi connectivity index (χ0v) is 16.7. The first-order chi connectivity index (χ1) is 14.1. The number of amides is 1. The molecule has 4 rings (SSSR count). The first kappa shape index (κ1) is 18.8. The standard InChI is InChI=1S/C23H23N3O3/c1-15-10-16-6-4-5-7-20(16)26(15)19-11-17(13-24-14-19)23(27)25-18-8-9-21(28-2)22(12-18)29-3/h4-9,11-15H,10H2,1-3H3,(H,25,27). The number of hydrogen-bond acceptors (Lipinski definition) is 5. The molecule has 1 aliphatic rings. The largest absolute Gasteiger partial charge is 0.493 e. The van der Waals surface area contributed by atoms with Gasteiger partial charge >= 0.3 is 0 Å². The van der Waals surface area contributed by atoms with Crippen LogP contribution in [-0.2, 0) is 6.42 Å². The normalized spacial score (nSPS) is 15.0. The van der Waals surface area contributed by atoms with Crippen LogP contribution in [0.5, 0.6) is 11.5 Å². The van der Waals surface area contributed by atoms with Gasteiger partial charge < -0.3 is 19.7 Å². The minimum atomic E-state index is -0.230. The summed E-state index contributed by atoms with van der Waals surface area (Å²) in [5.74, 6) is 0.933. The molecule has 0 saturated heterocycles. The molecule has 1 atom stereocenters. The second kappa shape index (κ2) is 7.83. The summed E-state index contributed by atoms with van der Waals surface area (Å²) in [6.45, 7) is 2.18. The molecule has 0 spiro atoms. The number of carbonyl (C=O) groups is 1. The molecule has 0 radical (unpaired) electrons. The Labute approximate surface area is 170 Å². The number of nitrogens with zero attached hydrogens (tertiary/aromatic N) is 2. The zero-order valence-electron chi connectivity index (χ0n) is 16.7. The molecule has 0 bridgehead atoms. The highest BCUT2D eigenvalue weighted by molar-refractivity contribution is 6.04. The molecule has 0 fully saturated rings. The van der Waals surface area contributed by atoms with Gasteiger partial charge in [-0.05, 0) is 43.2 Å². The molecule has 148 valence electrons. The average molecular weight is 389 g/mol. The molecule has 0 aliphatic carbocycles. The topological polar surface area (TPSA) is 63.7 Å². The van der Waals surface area contributed by atoms with Crippen molar-refractivity contribution < 1.29 is 14.3 Å².